The Morgan fingerprint density at radius 1 is 1.11 bits per heavy atom. The summed E-state index contributed by atoms with van der Waals surface area (Å²) in [4.78, 5) is 23.2. The summed E-state index contributed by atoms with van der Waals surface area (Å²) in [6, 6.07) is 19.2. The van der Waals surface area contributed by atoms with Crippen LogP contribution in [0.25, 0.3) is 10.9 Å². The van der Waals surface area contributed by atoms with E-state index in [1.54, 1.807) is 18.3 Å². The molecule has 1 aliphatic heterocycles. The van der Waals surface area contributed by atoms with Gasteiger partial charge < -0.3 is 9.88 Å². The Morgan fingerprint density at radius 3 is 2.82 bits per heavy atom. The van der Waals surface area contributed by atoms with Crippen LogP contribution in [0.5, 0.6) is 0 Å². The number of aromatic nitrogens is 2. The average molecular weight is 388 g/mol. The van der Waals surface area contributed by atoms with E-state index in [-0.39, 0.29) is 11.9 Å². The Labute approximate surface area is 167 Å². The summed E-state index contributed by atoms with van der Waals surface area (Å²) < 4.78 is 0. The number of fused-ring (bicyclic) bond motifs is 3. The summed E-state index contributed by atoms with van der Waals surface area (Å²) in [5.74, 6) is -0.0272. The van der Waals surface area contributed by atoms with Crippen molar-refractivity contribution in [3.63, 3.8) is 0 Å². The van der Waals surface area contributed by atoms with Crippen molar-refractivity contribution in [2.75, 3.05) is 6.54 Å². The van der Waals surface area contributed by atoms with E-state index in [4.69, 9.17) is 11.6 Å². The summed E-state index contributed by atoms with van der Waals surface area (Å²) in [6.45, 7) is 0.639. The quantitative estimate of drug-likeness (QED) is 0.526. The first kappa shape index (κ1) is 17.0. The molecule has 3 heterocycles. The number of hydrogen-bond acceptors (Lipinski definition) is 2. The van der Waals surface area contributed by atoms with Gasteiger partial charge in [-0.1, -0.05) is 41.9 Å². The van der Waals surface area contributed by atoms with Crippen molar-refractivity contribution in [3.05, 3.63) is 100 Å². The summed E-state index contributed by atoms with van der Waals surface area (Å²) in [5.41, 5.74) is 5.03. The monoisotopic (exact) mass is 387 g/mol. The van der Waals surface area contributed by atoms with Crippen molar-refractivity contribution in [1.82, 2.24) is 14.9 Å². The Kier molecular flexibility index (Phi) is 4.14. The highest BCUT2D eigenvalue weighted by molar-refractivity contribution is 6.31. The number of para-hydroxylation sites is 1. The molecular formula is C23H18ClN3O. The van der Waals surface area contributed by atoms with Gasteiger partial charge in [-0.2, -0.15) is 0 Å². The van der Waals surface area contributed by atoms with Crippen molar-refractivity contribution in [2.45, 2.75) is 12.5 Å². The first-order valence-corrected chi connectivity index (χ1v) is 9.66. The molecule has 0 spiro atoms. The van der Waals surface area contributed by atoms with Crippen LogP contribution in [0.15, 0.2) is 73.1 Å². The van der Waals surface area contributed by atoms with Crippen molar-refractivity contribution < 1.29 is 4.79 Å². The lowest BCUT2D eigenvalue weighted by Gasteiger charge is -2.36. The molecule has 5 heteroatoms. The summed E-state index contributed by atoms with van der Waals surface area (Å²) in [5, 5.41) is 1.79. The molecule has 138 valence electrons. The molecule has 28 heavy (non-hydrogen) atoms. The minimum atomic E-state index is -0.212. The molecule has 0 radical (unpaired) electrons. The number of H-pyrrole nitrogens is 1. The van der Waals surface area contributed by atoms with Gasteiger partial charge >= 0.3 is 0 Å². The minimum absolute atomic E-state index is 0.0272. The van der Waals surface area contributed by atoms with Gasteiger partial charge in [0.05, 0.1) is 6.04 Å². The van der Waals surface area contributed by atoms with E-state index < -0.39 is 0 Å². The number of hydrogen-bond donors (Lipinski definition) is 1. The van der Waals surface area contributed by atoms with Crippen LogP contribution < -0.4 is 0 Å². The molecule has 1 N–H and O–H groups in total. The molecular weight excluding hydrogens is 370 g/mol. The third-order valence-corrected chi connectivity index (χ3v) is 5.60. The second-order valence-corrected chi connectivity index (χ2v) is 7.45. The van der Waals surface area contributed by atoms with Gasteiger partial charge in [0, 0.05) is 46.1 Å². The van der Waals surface area contributed by atoms with Gasteiger partial charge in [0.2, 0.25) is 0 Å². The highest BCUT2D eigenvalue weighted by Gasteiger charge is 2.35. The molecule has 1 aliphatic rings. The fourth-order valence-corrected chi connectivity index (χ4v) is 4.32. The normalized spacial score (nSPS) is 16.2. The zero-order chi connectivity index (χ0) is 19.1. The fourth-order valence-electron chi connectivity index (χ4n) is 4.13. The maximum atomic E-state index is 13.4. The first-order valence-electron chi connectivity index (χ1n) is 9.28. The number of aromatic amines is 1. The van der Waals surface area contributed by atoms with E-state index >= 15 is 0 Å². The van der Waals surface area contributed by atoms with Crippen LogP contribution in [-0.4, -0.2) is 27.3 Å². The highest BCUT2D eigenvalue weighted by Crippen LogP contribution is 2.38. The maximum Gasteiger partial charge on any atom is 0.254 e. The number of carbonyl (C=O) groups is 1. The van der Waals surface area contributed by atoms with Crippen LogP contribution in [0.1, 0.15) is 33.2 Å². The number of rotatable bonds is 2. The first-order chi connectivity index (χ1) is 13.7. The number of benzene rings is 2. The predicted molar refractivity (Wildman–Crippen MR) is 111 cm³/mol. The van der Waals surface area contributed by atoms with E-state index in [9.17, 15) is 4.79 Å². The number of halogens is 1. The van der Waals surface area contributed by atoms with Crippen molar-refractivity contribution in [2.24, 2.45) is 0 Å². The largest absolute Gasteiger partial charge is 0.356 e. The second-order valence-electron chi connectivity index (χ2n) is 7.01. The van der Waals surface area contributed by atoms with Crippen molar-refractivity contribution >= 4 is 28.4 Å². The van der Waals surface area contributed by atoms with Crippen LogP contribution in [0, 0.1) is 0 Å². The van der Waals surface area contributed by atoms with E-state index in [0.717, 1.165) is 23.2 Å². The molecule has 0 aliphatic carbocycles. The van der Waals surface area contributed by atoms with Crippen LogP contribution in [0.4, 0.5) is 0 Å². The lowest BCUT2D eigenvalue weighted by molar-refractivity contribution is 0.0692. The van der Waals surface area contributed by atoms with Crippen molar-refractivity contribution in [3.8, 4) is 0 Å². The van der Waals surface area contributed by atoms with Crippen LogP contribution in [0.2, 0.25) is 5.02 Å². The Morgan fingerprint density at radius 2 is 2.00 bits per heavy atom. The zero-order valence-corrected chi connectivity index (χ0v) is 15.9. The van der Waals surface area contributed by atoms with Gasteiger partial charge in [0.15, 0.2) is 0 Å². The molecule has 0 unspecified atom stereocenters. The Hall–Kier alpha value is -3.11. The minimum Gasteiger partial charge on any atom is -0.356 e. The van der Waals surface area contributed by atoms with Gasteiger partial charge in [0.1, 0.15) is 0 Å². The van der Waals surface area contributed by atoms with E-state index in [1.165, 1.54) is 10.9 Å². The molecule has 0 bridgehead atoms. The number of nitrogens with one attached hydrogen (secondary N) is 1. The van der Waals surface area contributed by atoms with Crippen molar-refractivity contribution in [1.29, 1.82) is 0 Å². The number of pyridine rings is 1. The highest BCUT2D eigenvalue weighted by atomic mass is 35.5. The van der Waals surface area contributed by atoms with E-state index in [0.29, 0.717) is 17.1 Å². The standard InChI is InChI=1S/C23H18ClN3O/c24-17-7-3-5-15(13-17)23(28)27-12-10-19-18-8-1-2-9-20(18)26-21(19)22(27)16-6-4-11-25-14-16/h1-9,11,13-14,22,26H,10,12H2/t22-/m1/s1. The van der Waals surface area contributed by atoms with Gasteiger partial charge in [0.25, 0.3) is 5.91 Å². The molecule has 5 rings (SSSR count). The molecule has 0 fully saturated rings. The van der Waals surface area contributed by atoms with Gasteiger partial charge in [-0.25, -0.2) is 0 Å². The molecule has 2 aromatic heterocycles. The molecule has 4 aromatic rings. The van der Waals surface area contributed by atoms with Gasteiger partial charge in [-0.15, -0.1) is 0 Å². The second kappa shape index (κ2) is 6.80. The molecule has 1 amide bonds. The summed E-state index contributed by atoms with van der Waals surface area (Å²) in [7, 11) is 0. The number of nitrogens with zero attached hydrogens (tertiary/aromatic N) is 2. The average Bonchev–Trinajstić information content (AvgIpc) is 3.12. The Bertz CT molecular complexity index is 1170. The fraction of sp³-hybridized carbons (Fsp3) is 0.130. The molecule has 0 saturated carbocycles. The van der Waals surface area contributed by atoms with E-state index in [2.05, 4.69) is 28.2 Å². The van der Waals surface area contributed by atoms with Crippen LogP contribution in [-0.2, 0) is 6.42 Å². The lowest BCUT2D eigenvalue weighted by Crippen LogP contribution is -2.40. The number of carbonyl (C=O) groups excluding carboxylic acids is 1. The topological polar surface area (TPSA) is 49.0 Å². The van der Waals surface area contributed by atoms with Crippen LogP contribution in [0.3, 0.4) is 0 Å². The van der Waals surface area contributed by atoms with E-state index in [1.807, 2.05) is 41.4 Å². The number of amides is 1. The third kappa shape index (κ3) is 2.77. The summed E-state index contributed by atoms with van der Waals surface area (Å²) in [6.07, 6.45) is 4.40. The zero-order valence-electron chi connectivity index (χ0n) is 15.1. The van der Waals surface area contributed by atoms with Gasteiger partial charge in [-0.05, 0) is 47.9 Å². The molecule has 0 saturated heterocycles. The molecule has 2 aromatic carbocycles. The molecule has 4 nitrogen and oxygen atoms in total. The SMILES string of the molecule is O=C(c1cccc(Cl)c1)N1CCc2c([nH]c3ccccc23)[C@H]1c1cccnc1. The predicted octanol–water partition coefficient (Wildman–Crippen LogP) is 5.00. The van der Waals surface area contributed by atoms with Gasteiger partial charge in [-0.3, -0.25) is 9.78 Å². The van der Waals surface area contributed by atoms with Crippen LogP contribution >= 0.6 is 11.6 Å². The lowest BCUT2D eigenvalue weighted by atomic mass is 9.92. The summed E-state index contributed by atoms with van der Waals surface area (Å²) >= 11 is 6.13. The maximum absolute atomic E-state index is 13.4. The third-order valence-electron chi connectivity index (χ3n) is 5.37. The Balaban J connectivity index is 1.66. The smallest absolute Gasteiger partial charge is 0.254 e. The molecule has 1 atom stereocenters.